The van der Waals surface area contributed by atoms with Crippen molar-refractivity contribution < 1.29 is 5.11 Å². The molecule has 0 radical (unpaired) electrons. The molecule has 2 N–H and O–H groups in total. The largest absolute Gasteiger partial charge is 0.396 e. The number of fused-ring (bicyclic) bond motifs is 1. The van der Waals surface area contributed by atoms with E-state index in [1.807, 2.05) is 0 Å². The molecule has 0 fully saturated rings. The molecule has 0 saturated carbocycles. The highest BCUT2D eigenvalue weighted by Crippen LogP contribution is 2.20. The minimum absolute atomic E-state index is 0.249. The van der Waals surface area contributed by atoms with Crippen LogP contribution in [0.2, 0.25) is 0 Å². The number of aliphatic hydroxyl groups is 1. The van der Waals surface area contributed by atoms with Gasteiger partial charge in [0.1, 0.15) is 0 Å². The summed E-state index contributed by atoms with van der Waals surface area (Å²) in [6, 6.07) is 12.8. The van der Waals surface area contributed by atoms with Gasteiger partial charge in [0, 0.05) is 17.6 Å². The highest BCUT2D eigenvalue weighted by atomic mass is 79.9. The molecular formula is C14H16BrNO. The van der Waals surface area contributed by atoms with Crippen LogP contribution in [-0.4, -0.2) is 18.3 Å². The van der Waals surface area contributed by atoms with E-state index in [2.05, 4.69) is 57.6 Å². The molecule has 0 aliphatic rings. The first kappa shape index (κ1) is 12.6. The molecule has 2 aromatic carbocycles. The van der Waals surface area contributed by atoms with Gasteiger partial charge in [-0.25, -0.2) is 0 Å². The summed E-state index contributed by atoms with van der Waals surface area (Å²) in [6.07, 6.45) is 0.806. The van der Waals surface area contributed by atoms with Gasteiger partial charge in [0.15, 0.2) is 0 Å². The molecule has 0 aliphatic carbocycles. The van der Waals surface area contributed by atoms with E-state index >= 15 is 0 Å². The summed E-state index contributed by atoms with van der Waals surface area (Å²) >= 11 is 3.47. The van der Waals surface area contributed by atoms with Crippen LogP contribution in [0.15, 0.2) is 40.9 Å². The molecular weight excluding hydrogens is 278 g/mol. The lowest BCUT2D eigenvalue weighted by Gasteiger charge is -2.06. The van der Waals surface area contributed by atoms with E-state index in [0.29, 0.717) is 0 Å². The van der Waals surface area contributed by atoms with Gasteiger partial charge >= 0.3 is 0 Å². The summed E-state index contributed by atoms with van der Waals surface area (Å²) in [5.74, 6) is 0. The molecule has 2 nitrogen and oxygen atoms in total. The molecule has 0 spiro atoms. The maximum atomic E-state index is 8.69. The minimum Gasteiger partial charge on any atom is -0.396 e. The summed E-state index contributed by atoms with van der Waals surface area (Å²) in [7, 11) is 0. The van der Waals surface area contributed by atoms with Crippen LogP contribution in [-0.2, 0) is 6.54 Å². The van der Waals surface area contributed by atoms with Gasteiger partial charge in [0.05, 0.1) is 0 Å². The summed E-state index contributed by atoms with van der Waals surface area (Å²) in [5, 5.41) is 14.5. The van der Waals surface area contributed by atoms with Crippen LogP contribution < -0.4 is 5.32 Å². The molecule has 0 unspecified atom stereocenters. The summed E-state index contributed by atoms with van der Waals surface area (Å²) in [5.41, 5.74) is 1.28. The van der Waals surface area contributed by atoms with Crippen molar-refractivity contribution in [2.24, 2.45) is 0 Å². The lowest BCUT2D eigenvalue weighted by atomic mass is 10.1. The van der Waals surface area contributed by atoms with Gasteiger partial charge in [0.2, 0.25) is 0 Å². The summed E-state index contributed by atoms with van der Waals surface area (Å²) < 4.78 is 1.11. The quantitative estimate of drug-likeness (QED) is 0.831. The van der Waals surface area contributed by atoms with Gasteiger partial charge in [-0.3, -0.25) is 0 Å². The van der Waals surface area contributed by atoms with E-state index < -0.39 is 0 Å². The third kappa shape index (κ3) is 3.53. The maximum absolute atomic E-state index is 8.69. The fraction of sp³-hybridized carbons (Fsp3) is 0.286. The highest BCUT2D eigenvalue weighted by molar-refractivity contribution is 9.10. The van der Waals surface area contributed by atoms with Gasteiger partial charge in [0.25, 0.3) is 0 Å². The molecule has 0 amide bonds. The van der Waals surface area contributed by atoms with E-state index in [1.54, 1.807) is 0 Å². The third-order valence-electron chi connectivity index (χ3n) is 2.71. The number of hydrogen-bond donors (Lipinski definition) is 2. The Morgan fingerprint density at radius 3 is 2.65 bits per heavy atom. The van der Waals surface area contributed by atoms with E-state index in [1.165, 1.54) is 16.3 Å². The average Bonchev–Trinajstić information content (AvgIpc) is 2.35. The molecule has 17 heavy (non-hydrogen) atoms. The molecule has 90 valence electrons. The van der Waals surface area contributed by atoms with Crippen LogP contribution in [0, 0.1) is 0 Å². The monoisotopic (exact) mass is 293 g/mol. The molecule has 2 rings (SSSR count). The second-order valence-electron chi connectivity index (χ2n) is 4.08. The van der Waals surface area contributed by atoms with E-state index in [0.717, 1.165) is 24.0 Å². The van der Waals surface area contributed by atoms with Crippen LogP contribution in [0.25, 0.3) is 10.8 Å². The standard InChI is InChI=1S/C14H16BrNO/c15-14-5-4-12-8-11(2-3-13(12)9-14)10-16-6-1-7-17/h2-5,8-9,16-17H,1,6-7,10H2. The lowest BCUT2D eigenvalue weighted by Crippen LogP contribution is -2.15. The van der Waals surface area contributed by atoms with Crippen molar-refractivity contribution in [2.45, 2.75) is 13.0 Å². The Labute approximate surface area is 110 Å². The Bertz CT molecular complexity index is 499. The number of nitrogens with one attached hydrogen (secondary N) is 1. The fourth-order valence-electron chi connectivity index (χ4n) is 1.81. The number of halogens is 1. The highest BCUT2D eigenvalue weighted by Gasteiger charge is 1.97. The van der Waals surface area contributed by atoms with Gasteiger partial charge in [-0.2, -0.15) is 0 Å². The second-order valence-corrected chi connectivity index (χ2v) is 5.00. The van der Waals surface area contributed by atoms with Crippen molar-refractivity contribution in [3.8, 4) is 0 Å². The molecule has 0 aromatic heterocycles. The molecule has 3 heteroatoms. The maximum Gasteiger partial charge on any atom is 0.0443 e. The normalized spacial score (nSPS) is 10.9. The number of hydrogen-bond acceptors (Lipinski definition) is 2. The third-order valence-corrected chi connectivity index (χ3v) is 3.20. The number of aliphatic hydroxyl groups excluding tert-OH is 1. The molecule has 0 saturated heterocycles. The first-order valence-corrected chi connectivity index (χ1v) is 6.58. The topological polar surface area (TPSA) is 32.3 Å². The van der Waals surface area contributed by atoms with Crippen molar-refractivity contribution in [3.05, 3.63) is 46.4 Å². The Kier molecular flexibility index (Phi) is 4.54. The first-order chi connectivity index (χ1) is 8.29. The zero-order valence-corrected chi connectivity index (χ0v) is 11.2. The lowest BCUT2D eigenvalue weighted by molar-refractivity contribution is 0.286. The van der Waals surface area contributed by atoms with Crippen LogP contribution in [0.5, 0.6) is 0 Å². The van der Waals surface area contributed by atoms with E-state index in [9.17, 15) is 0 Å². The summed E-state index contributed by atoms with van der Waals surface area (Å²) in [6.45, 7) is 1.96. The van der Waals surface area contributed by atoms with Gasteiger partial charge in [-0.1, -0.05) is 34.1 Å². The smallest absolute Gasteiger partial charge is 0.0443 e. The van der Waals surface area contributed by atoms with Crippen LogP contribution in [0.1, 0.15) is 12.0 Å². The SMILES string of the molecule is OCCCNCc1ccc2cc(Br)ccc2c1. The average molecular weight is 294 g/mol. The Hall–Kier alpha value is -0.900. The van der Waals surface area contributed by atoms with Crippen molar-refractivity contribution in [1.82, 2.24) is 5.32 Å². The zero-order valence-electron chi connectivity index (χ0n) is 9.62. The predicted octanol–water partition coefficient (Wildman–Crippen LogP) is 3.07. The van der Waals surface area contributed by atoms with Crippen LogP contribution >= 0.6 is 15.9 Å². The zero-order chi connectivity index (χ0) is 12.1. The first-order valence-electron chi connectivity index (χ1n) is 5.79. The number of rotatable bonds is 5. The Morgan fingerprint density at radius 1 is 1.06 bits per heavy atom. The Balaban J connectivity index is 2.07. The van der Waals surface area contributed by atoms with Crippen molar-refractivity contribution >= 4 is 26.7 Å². The minimum atomic E-state index is 0.249. The fourth-order valence-corrected chi connectivity index (χ4v) is 2.19. The van der Waals surface area contributed by atoms with Gasteiger partial charge in [-0.05, 0) is 47.5 Å². The van der Waals surface area contributed by atoms with Crippen molar-refractivity contribution in [2.75, 3.05) is 13.2 Å². The van der Waals surface area contributed by atoms with Gasteiger partial charge < -0.3 is 10.4 Å². The molecule has 0 aliphatic heterocycles. The van der Waals surface area contributed by atoms with E-state index in [-0.39, 0.29) is 6.61 Å². The van der Waals surface area contributed by atoms with Crippen LogP contribution in [0.3, 0.4) is 0 Å². The van der Waals surface area contributed by atoms with Crippen molar-refractivity contribution in [3.63, 3.8) is 0 Å². The predicted molar refractivity (Wildman–Crippen MR) is 75.1 cm³/mol. The molecule has 0 atom stereocenters. The van der Waals surface area contributed by atoms with Gasteiger partial charge in [-0.15, -0.1) is 0 Å². The molecule has 0 bridgehead atoms. The Morgan fingerprint density at radius 2 is 1.82 bits per heavy atom. The molecule has 0 heterocycles. The van der Waals surface area contributed by atoms with E-state index in [4.69, 9.17) is 5.11 Å². The van der Waals surface area contributed by atoms with Crippen molar-refractivity contribution in [1.29, 1.82) is 0 Å². The molecule has 2 aromatic rings. The van der Waals surface area contributed by atoms with Crippen LogP contribution in [0.4, 0.5) is 0 Å². The second kappa shape index (κ2) is 6.15. The number of benzene rings is 2. The summed E-state index contributed by atoms with van der Waals surface area (Å²) in [4.78, 5) is 0.